The van der Waals surface area contributed by atoms with E-state index < -0.39 is 0 Å². The van der Waals surface area contributed by atoms with Gasteiger partial charge in [0, 0.05) is 5.56 Å². The fraction of sp³-hybridized carbons (Fsp3) is 0. The first-order chi connectivity index (χ1) is 11.3. The van der Waals surface area contributed by atoms with Gasteiger partial charge in [-0.25, -0.2) is 0 Å². The van der Waals surface area contributed by atoms with Crippen molar-refractivity contribution in [1.82, 2.24) is 0 Å². The third kappa shape index (κ3) is 4.17. The lowest BCUT2D eigenvalue weighted by Gasteiger charge is -2.05. The number of hydrogen-bond acceptors (Lipinski definition) is 2. The molecule has 0 unspecified atom stereocenters. The molecule has 0 aliphatic carbocycles. The number of rotatable bonds is 5. The van der Waals surface area contributed by atoms with Crippen molar-refractivity contribution >= 4 is 11.9 Å². The molecule has 3 aromatic rings. The van der Waals surface area contributed by atoms with Crippen LogP contribution >= 0.6 is 0 Å². The standard InChI is InChI=1S/C21H16O2/c22-21(16-11-17-7-3-1-4-8-17)18-12-14-20(15-13-18)23-19-9-5-2-6-10-19/h1-16H/b16-11+. The zero-order valence-electron chi connectivity index (χ0n) is 12.6. The average Bonchev–Trinajstić information content (AvgIpc) is 2.62. The van der Waals surface area contributed by atoms with Gasteiger partial charge >= 0.3 is 0 Å². The molecule has 0 radical (unpaired) electrons. The molecule has 2 heteroatoms. The van der Waals surface area contributed by atoms with E-state index in [2.05, 4.69) is 0 Å². The van der Waals surface area contributed by atoms with Crippen LogP contribution in [0.15, 0.2) is 91.0 Å². The maximum Gasteiger partial charge on any atom is 0.185 e. The molecule has 23 heavy (non-hydrogen) atoms. The number of allylic oxidation sites excluding steroid dienone is 1. The molecule has 0 saturated heterocycles. The second-order valence-electron chi connectivity index (χ2n) is 5.05. The molecule has 0 aromatic heterocycles. The van der Waals surface area contributed by atoms with E-state index >= 15 is 0 Å². The van der Waals surface area contributed by atoms with Crippen LogP contribution in [0.2, 0.25) is 0 Å². The van der Waals surface area contributed by atoms with E-state index in [9.17, 15) is 4.79 Å². The molecule has 0 atom stereocenters. The normalized spacial score (nSPS) is 10.6. The first-order valence-corrected chi connectivity index (χ1v) is 7.42. The van der Waals surface area contributed by atoms with Gasteiger partial charge in [0.1, 0.15) is 11.5 Å². The lowest BCUT2D eigenvalue weighted by molar-refractivity contribution is 0.104. The van der Waals surface area contributed by atoms with Gasteiger partial charge in [0.2, 0.25) is 0 Å². The van der Waals surface area contributed by atoms with Crippen LogP contribution in [0.5, 0.6) is 11.5 Å². The van der Waals surface area contributed by atoms with Crippen molar-refractivity contribution in [2.45, 2.75) is 0 Å². The van der Waals surface area contributed by atoms with Crippen molar-refractivity contribution < 1.29 is 9.53 Å². The Morgan fingerprint density at radius 1 is 0.696 bits per heavy atom. The predicted molar refractivity (Wildman–Crippen MR) is 92.8 cm³/mol. The van der Waals surface area contributed by atoms with Gasteiger partial charge in [-0.05, 0) is 48.0 Å². The summed E-state index contributed by atoms with van der Waals surface area (Å²) in [5.74, 6) is 1.45. The van der Waals surface area contributed by atoms with Gasteiger partial charge in [0.25, 0.3) is 0 Å². The van der Waals surface area contributed by atoms with Gasteiger partial charge in [-0.3, -0.25) is 4.79 Å². The number of carbonyl (C=O) groups excluding carboxylic acids is 1. The summed E-state index contributed by atoms with van der Waals surface area (Å²) in [5, 5.41) is 0. The highest BCUT2D eigenvalue weighted by Crippen LogP contribution is 2.21. The maximum absolute atomic E-state index is 12.2. The first kappa shape index (κ1) is 14.8. The number of ketones is 1. The molecule has 0 N–H and O–H groups in total. The number of para-hydroxylation sites is 1. The molecule has 0 amide bonds. The van der Waals surface area contributed by atoms with Crippen molar-refractivity contribution in [3.8, 4) is 11.5 Å². The molecule has 0 heterocycles. The van der Waals surface area contributed by atoms with Crippen molar-refractivity contribution in [2.24, 2.45) is 0 Å². The summed E-state index contributed by atoms with van der Waals surface area (Å²) in [5.41, 5.74) is 1.64. The third-order valence-electron chi connectivity index (χ3n) is 3.34. The largest absolute Gasteiger partial charge is 0.457 e. The minimum atomic E-state index is -0.0277. The summed E-state index contributed by atoms with van der Waals surface area (Å²) in [6, 6.07) is 26.5. The van der Waals surface area contributed by atoms with Crippen molar-refractivity contribution in [1.29, 1.82) is 0 Å². The third-order valence-corrected chi connectivity index (χ3v) is 3.34. The minimum Gasteiger partial charge on any atom is -0.457 e. The van der Waals surface area contributed by atoms with Crippen LogP contribution in [0.25, 0.3) is 6.08 Å². The van der Waals surface area contributed by atoms with E-state index in [4.69, 9.17) is 4.74 Å². The lowest BCUT2D eigenvalue weighted by Crippen LogP contribution is -1.94. The van der Waals surface area contributed by atoms with E-state index in [1.54, 1.807) is 30.3 Å². The molecule has 3 rings (SSSR count). The highest BCUT2D eigenvalue weighted by molar-refractivity contribution is 6.06. The molecule has 0 aliphatic heterocycles. The van der Waals surface area contributed by atoms with Gasteiger partial charge in [0.15, 0.2) is 5.78 Å². The summed E-state index contributed by atoms with van der Waals surface area (Å²) >= 11 is 0. The number of benzene rings is 3. The summed E-state index contributed by atoms with van der Waals surface area (Å²) in [4.78, 5) is 12.2. The molecular formula is C21H16O2. The predicted octanol–water partition coefficient (Wildman–Crippen LogP) is 5.38. The molecule has 0 fully saturated rings. The van der Waals surface area contributed by atoms with Crippen LogP contribution in [0.3, 0.4) is 0 Å². The molecule has 0 saturated carbocycles. The zero-order valence-corrected chi connectivity index (χ0v) is 12.6. The van der Waals surface area contributed by atoms with Gasteiger partial charge < -0.3 is 4.74 Å². The molecule has 0 spiro atoms. The van der Waals surface area contributed by atoms with Crippen LogP contribution in [0.1, 0.15) is 15.9 Å². The molecule has 3 aromatic carbocycles. The molecule has 112 valence electrons. The quantitative estimate of drug-likeness (QED) is 0.467. The van der Waals surface area contributed by atoms with Crippen LogP contribution in [0.4, 0.5) is 0 Å². The van der Waals surface area contributed by atoms with Crippen LogP contribution < -0.4 is 4.74 Å². The topological polar surface area (TPSA) is 26.3 Å². The fourth-order valence-corrected chi connectivity index (χ4v) is 2.14. The Labute approximate surface area is 135 Å². The van der Waals surface area contributed by atoms with Crippen molar-refractivity contribution in [2.75, 3.05) is 0 Å². The number of hydrogen-bond donors (Lipinski definition) is 0. The second kappa shape index (κ2) is 7.23. The first-order valence-electron chi connectivity index (χ1n) is 7.42. The highest BCUT2D eigenvalue weighted by Gasteiger charge is 2.03. The summed E-state index contributed by atoms with van der Waals surface area (Å²) in [6.45, 7) is 0. The number of ether oxygens (including phenoxy) is 1. The van der Waals surface area contributed by atoms with E-state index in [0.29, 0.717) is 11.3 Å². The summed E-state index contributed by atoms with van der Waals surface area (Å²) in [6.07, 6.45) is 3.40. The van der Waals surface area contributed by atoms with E-state index in [1.807, 2.05) is 66.7 Å². The Morgan fingerprint density at radius 2 is 1.26 bits per heavy atom. The van der Waals surface area contributed by atoms with E-state index in [-0.39, 0.29) is 5.78 Å². The number of carbonyl (C=O) groups is 1. The SMILES string of the molecule is O=C(/C=C/c1ccccc1)c1ccc(Oc2ccccc2)cc1. The Kier molecular flexibility index (Phi) is 4.65. The van der Waals surface area contributed by atoms with Crippen LogP contribution in [-0.2, 0) is 0 Å². The Morgan fingerprint density at radius 3 is 1.91 bits per heavy atom. The van der Waals surface area contributed by atoms with Crippen molar-refractivity contribution in [3.63, 3.8) is 0 Å². The lowest BCUT2D eigenvalue weighted by atomic mass is 10.1. The maximum atomic E-state index is 12.2. The molecule has 2 nitrogen and oxygen atoms in total. The Bertz CT molecular complexity index is 788. The molecule has 0 bridgehead atoms. The average molecular weight is 300 g/mol. The van der Waals surface area contributed by atoms with Gasteiger partial charge in [-0.15, -0.1) is 0 Å². The van der Waals surface area contributed by atoms with Crippen LogP contribution in [-0.4, -0.2) is 5.78 Å². The van der Waals surface area contributed by atoms with Gasteiger partial charge in [0.05, 0.1) is 0 Å². The monoisotopic (exact) mass is 300 g/mol. The van der Waals surface area contributed by atoms with E-state index in [1.165, 1.54) is 0 Å². The summed E-state index contributed by atoms with van der Waals surface area (Å²) in [7, 11) is 0. The van der Waals surface area contributed by atoms with Gasteiger partial charge in [-0.1, -0.05) is 54.6 Å². The van der Waals surface area contributed by atoms with E-state index in [0.717, 1.165) is 11.3 Å². The zero-order chi connectivity index (χ0) is 15.9. The molecule has 0 aliphatic rings. The summed E-state index contributed by atoms with van der Waals surface area (Å²) < 4.78 is 5.71. The minimum absolute atomic E-state index is 0.0277. The fourth-order valence-electron chi connectivity index (χ4n) is 2.14. The molecular weight excluding hydrogens is 284 g/mol. The van der Waals surface area contributed by atoms with Crippen LogP contribution in [0, 0.1) is 0 Å². The smallest absolute Gasteiger partial charge is 0.185 e. The Hall–Kier alpha value is -3.13. The Balaban J connectivity index is 1.67. The second-order valence-corrected chi connectivity index (χ2v) is 5.05. The highest BCUT2D eigenvalue weighted by atomic mass is 16.5. The van der Waals surface area contributed by atoms with Gasteiger partial charge in [-0.2, -0.15) is 0 Å². The van der Waals surface area contributed by atoms with Crippen molar-refractivity contribution in [3.05, 3.63) is 102 Å².